The fraction of sp³-hybridized carbons (Fsp3) is 0.538. The normalized spacial score (nSPS) is 12.9. The van der Waals surface area contributed by atoms with Crippen molar-refractivity contribution in [3.8, 4) is 5.75 Å². The van der Waals surface area contributed by atoms with Crippen molar-refractivity contribution in [1.82, 2.24) is 35.3 Å². The van der Waals surface area contributed by atoms with E-state index < -0.39 is 49.4 Å². The summed E-state index contributed by atoms with van der Waals surface area (Å²) in [6, 6.07) is 7.79. The number of rotatable bonds is 25. The summed E-state index contributed by atoms with van der Waals surface area (Å²) in [7, 11) is -0.800. The second-order valence-corrected chi connectivity index (χ2v) is 30.1. The quantitative estimate of drug-likeness (QED) is 0.0249. The molecule has 3 aromatic heterocycles. The summed E-state index contributed by atoms with van der Waals surface area (Å²) in [6.07, 6.45) is 5.75. The Morgan fingerprint density at radius 2 is 1.61 bits per heavy atom. The van der Waals surface area contributed by atoms with Gasteiger partial charge in [0.05, 0.1) is 18.5 Å². The van der Waals surface area contributed by atoms with Crippen LogP contribution in [0, 0.1) is 0 Å². The van der Waals surface area contributed by atoms with Crippen LogP contribution in [0.4, 0.5) is 36.3 Å². The first-order valence-corrected chi connectivity index (χ1v) is 30.1. The summed E-state index contributed by atoms with van der Waals surface area (Å²) >= 11 is 0.469. The van der Waals surface area contributed by atoms with Crippen molar-refractivity contribution < 1.29 is 36.3 Å². The van der Waals surface area contributed by atoms with Crippen molar-refractivity contribution in [1.29, 1.82) is 0 Å². The van der Waals surface area contributed by atoms with Gasteiger partial charge in [-0.15, -0.1) is 0 Å². The zero-order valence-corrected chi connectivity index (χ0v) is 40.0. The fourth-order valence-corrected chi connectivity index (χ4v) is 23.8. The number of benzene rings is 1. The number of methoxy groups -OCH3 is 1. The number of aryl methyl sites for hydroxylation is 1. The number of nitrogens with one attached hydrogen (secondary N) is 3. The van der Waals surface area contributed by atoms with Crippen molar-refractivity contribution in [2.75, 3.05) is 38.0 Å². The van der Waals surface area contributed by atoms with Crippen LogP contribution in [0.2, 0.25) is 13.3 Å². The Kier molecular flexibility index (Phi) is 18.9. The molecule has 1 atom stereocenters. The van der Waals surface area contributed by atoms with Gasteiger partial charge in [-0.2, -0.15) is 18.2 Å². The number of nitrogens with zero attached hydrogens (tertiary/aromatic N) is 6. The summed E-state index contributed by atoms with van der Waals surface area (Å²) in [5.41, 5.74) is -0.412. The minimum atomic E-state index is -4.82. The van der Waals surface area contributed by atoms with Gasteiger partial charge in [0.15, 0.2) is 5.69 Å². The van der Waals surface area contributed by atoms with Gasteiger partial charge in [0.2, 0.25) is 5.95 Å². The number of pyridine rings is 1. The van der Waals surface area contributed by atoms with Gasteiger partial charge in [0.25, 0.3) is 5.91 Å². The van der Waals surface area contributed by atoms with Gasteiger partial charge in [-0.25, -0.2) is 9.97 Å². The van der Waals surface area contributed by atoms with Crippen molar-refractivity contribution in [3.05, 3.63) is 64.1 Å². The molecule has 3 N–H and O–H groups in total. The van der Waals surface area contributed by atoms with E-state index >= 15 is 0 Å². The Morgan fingerprint density at radius 3 is 2.22 bits per heavy atom. The second-order valence-electron chi connectivity index (χ2n) is 14.2. The number of amides is 1. The first kappa shape index (κ1) is 48.3. The summed E-state index contributed by atoms with van der Waals surface area (Å²) in [4.78, 5) is 24.5. The Morgan fingerprint density at radius 1 is 0.932 bits per heavy atom. The maximum absolute atomic E-state index is 14.1. The van der Waals surface area contributed by atoms with Gasteiger partial charge in [-0.3, -0.25) is 4.79 Å². The zero-order valence-electron chi connectivity index (χ0n) is 34.6. The molecule has 4 rings (SSSR count). The SMILES string of the molecule is CCC[CH2][Sn]([CH2]CCC)([CH2]CCC)[c]1cn(CCCOP(=O)(Cc2ccc(Nc3ncc(C(F)(F)F)c(Nc4ccc(Br)nc4C(=O)NC)n3)c(OC)c2)OCC)nn1. The number of alkyl halides is 3. The van der Waals surface area contributed by atoms with Crippen LogP contribution in [0.1, 0.15) is 94.3 Å². The number of ether oxygens (including phenoxy) is 1. The Bertz CT molecular complexity index is 2000. The number of halogens is 4. The maximum atomic E-state index is 14.1. The number of hydrogen-bond acceptors (Lipinski definition) is 12. The van der Waals surface area contributed by atoms with Gasteiger partial charge in [0, 0.05) is 13.2 Å². The molecule has 324 valence electrons. The Balaban J connectivity index is 1.46. The molecular formula is C39H56BrF3N9O5PSn. The van der Waals surface area contributed by atoms with Crippen molar-refractivity contribution in [3.63, 3.8) is 0 Å². The van der Waals surface area contributed by atoms with E-state index in [9.17, 15) is 22.5 Å². The predicted octanol–water partition coefficient (Wildman–Crippen LogP) is 9.99. The van der Waals surface area contributed by atoms with Crippen LogP contribution in [0.5, 0.6) is 5.75 Å². The summed E-state index contributed by atoms with van der Waals surface area (Å²) in [6.45, 7) is 9.44. The van der Waals surface area contributed by atoms with E-state index in [4.69, 9.17) is 18.9 Å². The van der Waals surface area contributed by atoms with Gasteiger partial charge < -0.3 is 20.7 Å². The fourth-order valence-electron chi connectivity index (χ4n) is 6.69. The number of unbranched alkanes of at least 4 members (excludes halogenated alkanes) is 3. The molecule has 59 heavy (non-hydrogen) atoms. The molecule has 1 aromatic carbocycles. The molecule has 4 aromatic rings. The molecule has 1 amide bonds. The monoisotopic (exact) mass is 1020 g/mol. The molecule has 0 fully saturated rings. The van der Waals surface area contributed by atoms with E-state index in [0.29, 0.717) is 35.0 Å². The van der Waals surface area contributed by atoms with Crippen molar-refractivity contribution in [2.45, 2.75) is 105 Å². The summed E-state index contributed by atoms with van der Waals surface area (Å²) in [5, 5.41) is 17.2. The van der Waals surface area contributed by atoms with E-state index in [-0.39, 0.29) is 42.5 Å². The van der Waals surface area contributed by atoms with E-state index in [0.717, 1.165) is 0 Å². The van der Waals surface area contributed by atoms with Crippen LogP contribution in [0.25, 0.3) is 0 Å². The van der Waals surface area contributed by atoms with Gasteiger partial charge in [-0.05, 0) is 28.1 Å². The molecule has 0 radical (unpaired) electrons. The van der Waals surface area contributed by atoms with Crippen molar-refractivity contribution in [2.24, 2.45) is 0 Å². The van der Waals surface area contributed by atoms with E-state index in [1.807, 2.05) is 4.68 Å². The average molecular weight is 1020 g/mol. The van der Waals surface area contributed by atoms with E-state index in [1.165, 1.54) is 81.8 Å². The topological polar surface area (TPSA) is 167 Å². The first-order valence-electron chi connectivity index (χ1n) is 20.1. The average Bonchev–Trinajstić information content (AvgIpc) is 3.69. The molecule has 1 unspecified atom stereocenters. The van der Waals surface area contributed by atoms with Crippen LogP contribution >= 0.6 is 23.5 Å². The standard InChI is InChI=1S/C27H29BrF3N9O5P.3C4H9.Sn/c1-4-44-46(42,45-13-5-11-40-12-10-34-39-40)16-17-6-7-19(21(14-17)43-3)36-26-33-15-18(27(29,30)31)24(38-26)35-20-8-9-22(28)37-23(20)25(41)32-2;3*1-3-4-2;/h6-9,12,14-15H,4-5,11,13,16H2,1-3H3,(H,32,41)(H2,33,35,36,38);3*1,3-4H2,2H3;. The third-order valence-electron chi connectivity index (χ3n) is 9.79. The van der Waals surface area contributed by atoms with E-state index in [2.05, 4.69) is 79.0 Å². The van der Waals surface area contributed by atoms with Crippen LogP contribution in [0.3, 0.4) is 0 Å². The first-order chi connectivity index (χ1) is 28.2. The second kappa shape index (κ2) is 23.0. The van der Waals surface area contributed by atoms with Crippen LogP contribution < -0.4 is 24.4 Å². The number of carbonyl (C=O) groups excluding carboxylic acids is 1. The van der Waals surface area contributed by atoms with Gasteiger partial charge >= 0.3 is 212 Å². The minimum absolute atomic E-state index is 0.00940. The molecule has 0 aliphatic rings. The Hall–Kier alpha value is -3.32. The molecule has 0 bridgehead atoms. The molecule has 0 saturated carbocycles. The zero-order chi connectivity index (χ0) is 43.1. The molecule has 0 saturated heterocycles. The Labute approximate surface area is 357 Å². The third-order valence-corrected chi connectivity index (χ3v) is 27.2. The van der Waals surface area contributed by atoms with Crippen LogP contribution in [-0.4, -0.2) is 81.6 Å². The molecule has 3 heterocycles. The number of anilines is 4. The molecule has 14 nitrogen and oxygen atoms in total. The predicted molar refractivity (Wildman–Crippen MR) is 230 cm³/mol. The molecular weight excluding hydrogens is 961 g/mol. The van der Waals surface area contributed by atoms with Gasteiger partial charge in [-0.1, -0.05) is 0 Å². The van der Waals surface area contributed by atoms with Crippen LogP contribution in [-0.2, 0) is 32.5 Å². The van der Waals surface area contributed by atoms with E-state index in [1.54, 1.807) is 25.1 Å². The molecule has 0 aliphatic carbocycles. The van der Waals surface area contributed by atoms with Gasteiger partial charge in [0.1, 0.15) is 16.0 Å². The third kappa shape index (κ3) is 13.8. The molecule has 0 aliphatic heterocycles. The number of aromatic nitrogens is 6. The number of hydrogen-bond donors (Lipinski definition) is 3. The molecule has 20 heteroatoms. The summed E-state index contributed by atoms with van der Waals surface area (Å²) < 4.78 is 80.7. The number of carbonyl (C=O) groups is 1. The molecule has 0 spiro atoms. The van der Waals surface area contributed by atoms with Crippen molar-refractivity contribution >= 4 is 74.7 Å². The summed E-state index contributed by atoms with van der Waals surface area (Å²) in [5.74, 6) is -1.15. The van der Waals surface area contributed by atoms with Crippen LogP contribution in [0.15, 0.2) is 47.3 Å².